The molecule has 3 aromatic rings. The first-order valence-corrected chi connectivity index (χ1v) is 7.86. The molecule has 1 heterocycles. The number of nitrogens with zero attached hydrogens (tertiary/aromatic N) is 3. The van der Waals surface area contributed by atoms with Crippen molar-refractivity contribution in [1.29, 1.82) is 0 Å². The first-order chi connectivity index (χ1) is 12.4. The SMILES string of the molecule is Cn1cnc([N+](=O)[O-])c1N[C@@H](Cc1cccc(F)c1)c1cccc(F)c1. The molecule has 0 spiro atoms. The maximum atomic E-state index is 13.7. The van der Waals surface area contributed by atoms with Gasteiger partial charge in [0.1, 0.15) is 11.6 Å². The van der Waals surface area contributed by atoms with Gasteiger partial charge in [0, 0.05) is 7.05 Å². The fourth-order valence-corrected chi connectivity index (χ4v) is 2.76. The summed E-state index contributed by atoms with van der Waals surface area (Å²) in [6, 6.07) is 11.5. The highest BCUT2D eigenvalue weighted by molar-refractivity contribution is 5.54. The van der Waals surface area contributed by atoms with Gasteiger partial charge in [-0.25, -0.2) is 8.78 Å². The molecule has 0 aliphatic rings. The Morgan fingerprint density at radius 3 is 2.54 bits per heavy atom. The van der Waals surface area contributed by atoms with Crippen molar-refractivity contribution in [3.05, 3.63) is 87.7 Å². The highest BCUT2D eigenvalue weighted by Crippen LogP contribution is 2.29. The van der Waals surface area contributed by atoms with Crippen molar-refractivity contribution in [2.75, 3.05) is 5.32 Å². The Bertz CT molecular complexity index is 942. The van der Waals surface area contributed by atoms with E-state index in [-0.39, 0.29) is 17.5 Å². The Kier molecular flexibility index (Phi) is 4.92. The lowest BCUT2D eigenvalue weighted by Crippen LogP contribution is -2.16. The van der Waals surface area contributed by atoms with Crippen LogP contribution in [0, 0.1) is 21.7 Å². The zero-order valence-electron chi connectivity index (χ0n) is 13.9. The summed E-state index contributed by atoms with van der Waals surface area (Å²) in [4.78, 5) is 14.4. The number of aromatic nitrogens is 2. The molecule has 0 saturated carbocycles. The molecule has 0 radical (unpaired) electrons. The predicted molar refractivity (Wildman–Crippen MR) is 92.7 cm³/mol. The number of hydrogen-bond acceptors (Lipinski definition) is 4. The number of anilines is 1. The zero-order chi connectivity index (χ0) is 18.7. The lowest BCUT2D eigenvalue weighted by molar-refractivity contribution is -0.388. The summed E-state index contributed by atoms with van der Waals surface area (Å²) in [5, 5.41) is 14.2. The molecule has 3 rings (SSSR count). The van der Waals surface area contributed by atoms with Gasteiger partial charge >= 0.3 is 5.82 Å². The van der Waals surface area contributed by atoms with Crippen molar-refractivity contribution in [1.82, 2.24) is 9.55 Å². The summed E-state index contributed by atoms with van der Waals surface area (Å²) in [6.45, 7) is 0. The fourth-order valence-electron chi connectivity index (χ4n) is 2.76. The second-order valence-electron chi connectivity index (χ2n) is 5.87. The van der Waals surface area contributed by atoms with Crippen molar-refractivity contribution in [3.8, 4) is 0 Å². The van der Waals surface area contributed by atoms with Crippen LogP contribution in [0.3, 0.4) is 0 Å². The Hall–Kier alpha value is -3.29. The monoisotopic (exact) mass is 358 g/mol. The number of aryl methyl sites for hydroxylation is 1. The van der Waals surface area contributed by atoms with Gasteiger partial charge in [0.2, 0.25) is 12.1 Å². The summed E-state index contributed by atoms with van der Waals surface area (Å²) in [6.07, 6.45) is 1.63. The third kappa shape index (κ3) is 3.85. The van der Waals surface area contributed by atoms with E-state index in [1.165, 1.54) is 35.2 Å². The number of benzene rings is 2. The second-order valence-corrected chi connectivity index (χ2v) is 5.87. The number of imidazole rings is 1. The van der Waals surface area contributed by atoms with E-state index in [2.05, 4.69) is 10.3 Å². The van der Waals surface area contributed by atoms with Crippen LogP contribution in [-0.4, -0.2) is 14.5 Å². The first kappa shape index (κ1) is 17.5. The van der Waals surface area contributed by atoms with Crippen LogP contribution in [0.5, 0.6) is 0 Å². The second kappa shape index (κ2) is 7.30. The number of rotatable bonds is 6. The molecule has 1 atom stereocenters. The average Bonchev–Trinajstić information content (AvgIpc) is 2.95. The van der Waals surface area contributed by atoms with Crippen LogP contribution >= 0.6 is 0 Å². The van der Waals surface area contributed by atoms with Crippen LogP contribution in [0.2, 0.25) is 0 Å². The van der Waals surface area contributed by atoms with E-state index >= 15 is 0 Å². The average molecular weight is 358 g/mol. The van der Waals surface area contributed by atoms with Gasteiger partial charge in [0.05, 0.1) is 6.04 Å². The van der Waals surface area contributed by atoms with Crippen molar-refractivity contribution >= 4 is 11.6 Å². The van der Waals surface area contributed by atoms with Crippen LogP contribution in [0.4, 0.5) is 20.4 Å². The van der Waals surface area contributed by atoms with Crippen molar-refractivity contribution in [3.63, 3.8) is 0 Å². The maximum absolute atomic E-state index is 13.7. The molecule has 0 saturated heterocycles. The molecule has 134 valence electrons. The van der Waals surface area contributed by atoms with Crippen LogP contribution in [0.15, 0.2) is 54.9 Å². The van der Waals surface area contributed by atoms with Crippen LogP contribution in [-0.2, 0) is 13.5 Å². The normalized spacial score (nSPS) is 12.0. The van der Waals surface area contributed by atoms with Crippen LogP contribution < -0.4 is 5.32 Å². The predicted octanol–water partition coefficient (Wildman–Crippen LogP) is 4.00. The van der Waals surface area contributed by atoms with Crippen molar-refractivity contribution in [2.24, 2.45) is 7.05 Å². The summed E-state index contributed by atoms with van der Waals surface area (Å²) in [7, 11) is 1.62. The van der Waals surface area contributed by atoms with E-state index in [1.807, 2.05) is 0 Å². The summed E-state index contributed by atoms with van der Waals surface area (Å²) >= 11 is 0. The zero-order valence-corrected chi connectivity index (χ0v) is 13.9. The van der Waals surface area contributed by atoms with Gasteiger partial charge in [-0.05, 0) is 51.7 Å². The highest BCUT2D eigenvalue weighted by Gasteiger charge is 2.24. The molecular weight excluding hydrogens is 342 g/mol. The minimum atomic E-state index is -0.590. The van der Waals surface area contributed by atoms with E-state index < -0.39 is 16.8 Å². The quantitative estimate of drug-likeness (QED) is 0.534. The largest absolute Gasteiger partial charge is 0.406 e. The lowest BCUT2D eigenvalue weighted by Gasteiger charge is -2.20. The summed E-state index contributed by atoms with van der Waals surface area (Å²) in [5.41, 5.74) is 1.27. The molecule has 1 N–H and O–H groups in total. The fraction of sp³-hybridized carbons (Fsp3) is 0.167. The minimum absolute atomic E-state index is 0.195. The highest BCUT2D eigenvalue weighted by atomic mass is 19.1. The van der Waals surface area contributed by atoms with Gasteiger partial charge in [-0.3, -0.25) is 4.57 Å². The topological polar surface area (TPSA) is 73.0 Å². The van der Waals surface area contributed by atoms with E-state index in [4.69, 9.17) is 0 Å². The van der Waals surface area contributed by atoms with E-state index in [1.54, 1.807) is 31.3 Å². The number of halogens is 2. The van der Waals surface area contributed by atoms with Gasteiger partial charge in [-0.2, -0.15) is 0 Å². The molecule has 8 heteroatoms. The molecule has 0 bridgehead atoms. The van der Waals surface area contributed by atoms with E-state index in [0.29, 0.717) is 17.5 Å². The first-order valence-electron chi connectivity index (χ1n) is 7.86. The van der Waals surface area contributed by atoms with Gasteiger partial charge in [0.25, 0.3) is 0 Å². The third-order valence-electron chi connectivity index (χ3n) is 3.98. The molecule has 26 heavy (non-hydrogen) atoms. The van der Waals surface area contributed by atoms with Crippen molar-refractivity contribution < 1.29 is 13.7 Å². The van der Waals surface area contributed by atoms with Crippen molar-refractivity contribution in [2.45, 2.75) is 12.5 Å². The maximum Gasteiger partial charge on any atom is 0.406 e. The lowest BCUT2D eigenvalue weighted by atomic mass is 9.98. The molecule has 0 amide bonds. The number of nitro groups is 1. The molecule has 0 aliphatic heterocycles. The molecule has 2 aromatic carbocycles. The molecule has 0 fully saturated rings. The summed E-state index contributed by atoms with van der Waals surface area (Å²) < 4.78 is 28.7. The molecular formula is C18H16F2N4O2. The Morgan fingerprint density at radius 2 is 1.88 bits per heavy atom. The van der Waals surface area contributed by atoms with Gasteiger partial charge in [0.15, 0.2) is 0 Å². The Labute approximate surface area is 148 Å². The molecule has 0 aliphatic carbocycles. The summed E-state index contributed by atoms with van der Waals surface area (Å²) in [5.74, 6) is -0.936. The standard InChI is InChI=1S/C18H16F2N4O2/c1-23-11-21-17(24(25)26)18(23)22-16(13-5-3-7-15(20)10-13)9-12-4-2-6-14(19)8-12/h2-8,10-11,16,22H,9H2,1H3/t16-/m0/s1. The van der Waals surface area contributed by atoms with Gasteiger partial charge in [-0.1, -0.05) is 24.3 Å². The smallest absolute Gasteiger partial charge is 0.358 e. The van der Waals surface area contributed by atoms with Crippen LogP contribution in [0.1, 0.15) is 17.2 Å². The van der Waals surface area contributed by atoms with E-state index in [0.717, 1.165) is 0 Å². The van der Waals surface area contributed by atoms with Gasteiger partial charge < -0.3 is 15.4 Å². The Balaban J connectivity index is 1.98. The van der Waals surface area contributed by atoms with Crippen LogP contribution in [0.25, 0.3) is 0 Å². The number of hydrogen-bond donors (Lipinski definition) is 1. The minimum Gasteiger partial charge on any atom is -0.358 e. The molecule has 0 unspecified atom stereocenters. The third-order valence-corrected chi connectivity index (χ3v) is 3.98. The molecule has 1 aromatic heterocycles. The number of nitrogens with one attached hydrogen (secondary N) is 1. The van der Waals surface area contributed by atoms with E-state index in [9.17, 15) is 18.9 Å². The Morgan fingerprint density at radius 1 is 1.19 bits per heavy atom. The molecule has 6 nitrogen and oxygen atoms in total. The van der Waals surface area contributed by atoms with Gasteiger partial charge in [-0.15, -0.1) is 0 Å².